The number of anilines is 1. The second-order valence-corrected chi connectivity index (χ2v) is 16.1. The first kappa shape index (κ1) is 50.0. The SMILES string of the molecule is C=CC(=O)N1CCN(c2nc(OC)nc3c(F)c(/C=C/C=C/F)c(C(F)(F)F)cc23)CC1C.CC(C)c1sccc1C#N.[B]C([B])(CCCC)CC(C)CC(C)CC. The van der Waals surface area contributed by atoms with Crippen molar-refractivity contribution in [2.45, 2.75) is 110 Å². The third-order valence-electron chi connectivity index (χ3n) is 9.81. The Kier molecular flexibility index (Phi) is 20.2. The van der Waals surface area contributed by atoms with Crippen LogP contribution in [0.4, 0.5) is 27.8 Å². The summed E-state index contributed by atoms with van der Waals surface area (Å²) in [6.45, 7) is 19.2. The Morgan fingerprint density at radius 1 is 1.16 bits per heavy atom. The van der Waals surface area contributed by atoms with Gasteiger partial charge in [-0.05, 0) is 60.8 Å². The number of methoxy groups -OCH3 is 1. The molecular weight excluding hydrogens is 767 g/mol. The van der Waals surface area contributed by atoms with E-state index in [2.05, 4.69) is 64.2 Å². The highest BCUT2D eigenvalue weighted by molar-refractivity contribution is 7.10. The molecular formula is C43H56B2F5N5O2S. The molecule has 312 valence electrons. The van der Waals surface area contributed by atoms with Gasteiger partial charge >= 0.3 is 12.2 Å². The van der Waals surface area contributed by atoms with Gasteiger partial charge in [-0.25, -0.2) is 8.78 Å². The standard InChI is InChI=1S/C22H21F5N4O2.C13H26B2.C8H9NS/c1-4-17(32)31-10-9-30(12-13(31)2)20-15-11-16(22(25,26)27)14(7-5-6-8-23)18(24)19(15)28-21(29-20)33-3;1-5-7-8-13(14,15)10-12(4)9-11(3)6-2;1-6(2)8-7(5-9)3-4-10-8/h4-8,11,13H,1,9-10,12H2,2-3H3;11-12H,5-10H2,1-4H3;3-4,6H,1-2H3/b7-5+,8-6+;;. The minimum Gasteiger partial charge on any atom is -0.467 e. The summed E-state index contributed by atoms with van der Waals surface area (Å²) in [5.74, 6) is 0.469. The van der Waals surface area contributed by atoms with Gasteiger partial charge in [-0.3, -0.25) is 4.79 Å². The Morgan fingerprint density at radius 2 is 1.84 bits per heavy atom. The van der Waals surface area contributed by atoms with Crippen LogP contribution in [-0.4, -0.2) is 69.3 Å². The average Bonchev–Trinajstić information content (AvgIpc) is 3.67. The molecule has 1 amide bonds. The van der Waals surface area contributed by atoms with Gasteiger partial charge < -0.3 is 14.5 Å². The van der Waals surface area contributed by atoms with E-state index in [1.54, 1.807) is 28.1 Å². The Labute approximate surface area is 348 Å². The number of alkyl halides is 3. The molecule has 3 atom stereocenters. The van der Waals surface area contributed by atoms with Gasteiger partial charge in [0.1, 0.15) is 17.4 Å². The Hall–Kier alpha value is -4.18. The van der Waals surface area contributed by atoms with E-state index < -0.39 is 28.3 Å². The number of benzene rings is 1. The molecule has 1 saturated heterocycles. The maximum absolute atomic E-state index is 15.3. The molecule has 2 aromatic heterocycles. The minimum absolute atomic E-state index is 0.0537. The smallest absolute Gasteiger partial charge is 0.417 e. The molecule has 4 radical (unpaired) electrons. The number of unbranched alkanes of at least 4 members (excludes halogenated alkanes) is 1. The molecule has 7 nitrogen and oxygen atoms in total. The monoisotopic (exact) mass is 823 g/mol. The number of fused-ring (bicyclic) bond motifs is 1. The normalized spacial score (nSPS) is 15.8. The van der Waals surface area contributed by atoms with Crippen molar-refractivity contribution in [3.63, 3.8) is 0 Å². The van der Waals surface area contributed by atoms with Crippen LogP contribution >= 0.6 is 11.3 Å². The molecule has 58 heavy (non-hydrogen) atoms. The second kappa shape index (κ2) is 23.4. The maximum Gasteiger partial charge on any atom is 0.417 e. The highest BCUT2D eigenvalue weighted by Gasteiger charge is 2.37. The molecule has 1 aliphatic heterocycles. The molecule has 1 fully saturated rings. The summed E-state index contributed by atoms with van der Waals surface area (Å²) in [5, 5.41) is 9.98. The first-order valence-electron chi connectivity index (χ1n) is 19.6. The fourth-order valence-electron chi connectivity index (χ4n) is 6.78. The number of aromatic nitrogens is 2. The molecule has 1 aromatic carbocycles. The van der Waals surface area contributed by atoms with E-state index in [-0.39, 0.29) is 60.6 Å². The van der Waals surface area contributed by atoms with Crippen molar-refractivity contribution in [3.8, 4) is 12.1 Å². The van der Waals surface area contributed by atoms with Gasteiger partial charge in [-0.1, -0.05) is 97.6 Å². The fourth-order valence-corrected chi connectivity index (χ4v) is 7.64. The van der Waals surface area contributed by atoms with Crippen LogP contribution in [0.1, 0.15) is 114 Å². The lowest BCUT2D eigenvalue weighted by molar-refractivity contribution is -0.137. The number of hydrogen-bond acceptors (Lipinski definition) is 7. The van der Waals surface area contributed by atoms with Crippen molar-refractivity contribution in [2.75, 3.05) is 31.6 Å². The number of amides is 1. The van der Waals surface area contributed by atoms with Gasteiger partial charge in [0, 0.05) is 41.5 Å². The summed E-state index contributed by atoms with van der Waals surface area (Å²) < 4.78 is 74.1. The lowest BCUT2D eigenvalue weighted by atomic mass is 9.49. The Morgan fingerprint density at radius 3 is 2.36 bits per heavy atom. The minimum atomic E-state index is -4.90. The lowest BCUT2D eigenvalue weighted by Crippen LogP contribution is -2.54. The van der Waals surface area contributed by atoms with E-state index in [4.69, 9.17) is 25.7 Å². The highest BCUT2D eigenvalue weighted by Crippen LogP contribution is 2.40. The molecule has 0 N–H and O–H groups in total. The van der Waals surface area contributed by atoms with Crippen LogP contribution in [0.3, 0.4) is 0 Å². The largest absolute Gasteiger partial charge is 0.467 e. The van der Waals surface area contributed by atoms with Crippen LogP contribution in [0.5, 0.6) is 6.01 Å². The number of piperazine rings is 1. The van der Waals surface area contributed by atoms with Crippen molar-refractivity contribution in [3.05, 3.63) is 76.0 Å². The molecule has 3 unspecified atom stereocenters. The number of rotatable bonds is 14. The molecule has 0 bridgehead atoms. The topological polar surface area (TPSA) is 82.3 Å². The second-order valence-electron chi connectivity index (χ2n) is 15.1. The molecule has 0 aliphatic carbocycles. The first-order valence-corrected chi connectivity index (χ1v) is 20.5. The molecule has 15 heteroatoms. The number of halogens is 5. The van der Waals surface area contributed by atoms with Crippen LogP contribution in [-0.2, 0) is 11.0 Å². The van der Waals surface area contributed by atoms with Crippen molar-refractivity contribution in [1.29, 1.82) is 5.26 Å². The van der Waals surface area contributed by atoms with Crippen LogP contribution in [0, 0.1) is 29.0 Å². The molecule has 0 spiro atoms. The molecule has 3 heterocycles. The third-order valence-corrected chi connectivity index (χ3v) is 11.0. The highest BCUT2D eigenvalue weighted by atomic mass is 32.1. The van der Waals surface area contributed by atoms with Crippen molar-refractivity contribution >= 4 is 55.7 Å². The van der Waals surface area contributed by atoms with E-state index in [9.17, 15) is 22.4 Å². The van der Waals surface area contributed by atoms with Crippen LogP contribution in [0.25, 0.3) is 17.0 Å². The van der Waals surface area contributed by atoms with Gasteiger partial charge in [-0.15, -0.1) is 11.3 Å². The van der Waals surface area contributed by atoms with Crippen LogP contribution in [0.15, 0.2) is 48.6 Å². The summed E-state index contributed by atoms with van der Waals surface area (Å²) in [4.78, 5) is 24.6. The Bertz CT molecular complexity index is 1890. The number of ether oxygens (including phenoxy) is 1. The maximum atomic E-state index is 15.3. The number of allylic oxidation sites excluding steroid dienone is 2. The van der Waals surface area contributed by atoms with E-state index in [1.165, 1.54) is 37.3 Å². The number of carbonyl (C=O) groups excluding carboxylic acids is 1. The predicted molar refractivity (Wildman–Crippen MR) is 229 cm³/mol. The zero-order valence-corrected chi connectivity index (χ0v) is 35.8. The average molecular weight is 824 g/mol. The zero-order chi connectivity index (χ0) is 43.8. The van der Waals surface area contributed by atoms with E-state index >= 15 is 4.39 Å². The number of nitrogens with zero attached hydrogens (tertiary/aromatic N) is 5. The van der Waals surface area contributed by atoms with E-state index in [0.717, 1.165) is 55.0 Å². The lowest BCUT2D eigenvalue weighted by Gasteiger charge is -2.40. The van der Waals surface area contributed by atoms with Crippen molar-refractivity contribution in [1.82, 2.24) is 14.9 Å². The van der Waals surface area contributed by atoms with Gasteiger partial charge in [0.05, 0.1) is 40.3 Å². The number of carbonyl (C=O) groups is 1. The molecule has 1 aliphatic rings. The van der Waals surface area contributed by atoms with E-state index in [1.807, 2.05) is 11.4 Å². The molecule has 4 rings (SSSR count). The van der Waals surface area contributed by atoms with Crippen molar-refractivity contribution < 1.29 is 31.5 Å². The van der Waals surface area contributed by atoms with E-state index in [0.29, 0.717) is 11.8 Å². The van der Waals surface area contributed by atoms with Gasteiger partial charge in [0.15, 0.2) is 5.82 Å². The predicted octanol–water partition coefficient (Wildman–Crippen LogP) is 11.4. The summed E-state index contributed by atoms with van der Waals surface area (Å²) in [5.41, 5.74) is -1.57. The Balaban J connectivity index is 0.000000380. The van der Waals surface area contributed by atoms with Gasteiger partial charge in [0.2, 0.25) is 5.91 Å². The van der Waals surface area contributed by atoms with Gasteiger partial charge in [0.25, 0.3) is 0 Å². The van der Waals surface area contributed by atoms with Crippen LogP contribution < -0.4 is 9.64 Å². The quantitative estimate of drug-likeness (QED) is 0.0697. The number of hydrogen-bond donors (Lipinski definition) is 0. The molecule has 3 aromatic rings. The fraction of sp³-hybridized carbons (Fsp3) is 0.535. The number of thiophene rings is 1. The summed E-state index contributed by atoms with van der Waals surface area (Å²) in [6, 6.07) is 4.28. The number of nitriles is 1. The summed E-state index contributed by atoms with van der Waals surface area (Å²) in [7, 11) is 13.5. The summed E-state index contributed by atoms with van der Waals surface area (Å²) in [6.07, 6.45) is 5.75. The third kappa shape index (κ3) is 14.6. The zero-order valence-electron chi connectivity index (χ0n) is 35.0. The first-order chi connectivity index (χ1) is 27.3. The van der Waals surface area contributed by atoms with Gasteiger partial charge in [-0.2, -0.15) is 28.4 Å². The van der Waals surface area contributed by atoms with Crippen LogP contribution in [0.2, 0.25) is 5.21 Å². The molecule has 0 saturated carbocycles. The van der Waals surface area contributed by atoms with Crippen molar-refractivity contribution in [2.24, 2.45) is 11.8 Å². The summed E-state index contributed by atoms with van der Waals surface area (Å²) >= 11 is 1.66.